The van der Waals surface area contributed by atoms with Gasteiger partial charge in [-0.3, -0.25) is 4.79 Å². The minimum absolute atomic E-state index is 0.0920. The Kier molecular flexibility index (Phi) is 3.89. The molecule has 1 fully saturated rings. The molecule has 2 rings (SSSR count). The molecule has 0 radical (unpaired) electrons. The van der Waals surface area contributed by atoms with Gasteiger partial charge >= 0.3 is 0 Å². The van der Waals surface area contributed by atoms with Gasteiger partial charge < -0.3 is 4.90 Å². The van der Waals surface area contributed by atoms with E-state index in [1.165, 1.54) is 0 Å². The molecule has 1 aromatic carbocycles. The number of carbonyl (C=O) groups is 1. The quantitative estimate of drug-likeness (QED) is 0.479. The Labute approximate surface area is 114 Å². The Morgan fingerprint density at radius 3 is 3.11 bits per heavy atom. The minimum atomic E-state index is 0.0920. The van der Waals surface area contributed by atoms with E-state index in [0.717, 1.165) is 15.7 Å². The van der Waals surface area contributed by atoms with Crippen LogP contribution in [-0.4, -0.2) is 19.0 Å². The minimum Gasteiger partial charge on any atom is -0.312 e. The molecule has 94 valence electrons. The maximum absolute atomic E-state index is 12.0. The first-order valence-corrected chi connectivity index (χ1v) is 6.49. The number of hydrogen-bond donors (Lipinski definition) is 0. The van der Waals surface area contributed by atoms with Gasteiger partial charge in [0, 0.05) is 34.6 Å². The smallest absolute Gasteiger partial charge is 0.227 e. The summed E-state index contributed by atoms with van der Waals surface area (Å²) < 4.78 is 0.992. The van der Waals surface area contributed by atoms with Gasteiger partial charge in [0.15, 0.2) is 0 Å². The summed E-state index contributed by atoms with van der Waals surface area (Å²) in [6.45, 7) is 2.98. The van der Waals surface area contributed by atoms with Gasteiger partial charge in [0.1, 0.15) is 0 Å². The van der Waals surface area contributed by atoms with E-state index >= 15 is 0 Å². The lowest BCUT2D eigenvalue weighted by atomic mass is 10.1. The van der Waals surface area contributed by atoms with E-state index in [1.54, 1.807) is 4.90 Å². The van der Waals surface area contributed by atoms with Gasteiger partial charge in [-0.05, 0) is 36.1 Å². The molecule has 1 atom stereocenters. The van der Waals surface area contributed by atoms with Crippen molar-refractivity contribution >= 4 is 27.5 Å². The lowest BCUT2D eigenvalue weighted by Gasteiger charge is -2.19. The lowest BCUT2D eigenvalue weighted by Crippen LogP contribution is -2.25. The van der Waals surface area contributed by atoms with Crippen LogP contribution >= 0.6 is 15.9 Å². The Bertz CT molecular complexity index is 525. The standard InChI is InChI=1S/C12H13BrN4O/c1-8-10(13)3-2-4-11(8)17-7-9(5-12(17)18)6-15-16-14/h2-4,9H,5-7H2,1H3. The molecular formula is C12H13BrN4O. The molecule has 1 amide bonds. The summed E-state index contributed by atoms with van der Waals surface area (Å²) >= 11 is 3.47. The second-order valence-corrected chi connectivity index (χ2v) is 5.23. The number of amides is 1. The summed E-state index contributed by atoms with van der Waals surface area (Å²) in [6, 6.07) is 5.81. The normalized spacial score (nSPS) is 18.9. The van der Waals surface area contributed by atoms with Crippen molar-refractivity contribution in [1.29, 1.82) is 0 Å². The predicted octanol–water partition coefficient (Wildman–Crippen LogP) is 3.42. The summed E-state index contributed by atoms with van der Waals surface area (Å²) in [5, 5.41) is 3.55. The summed E-state index contributed by atoms with van der Waals surface area (Å²) in [4.78, 5) is 16.5. The van der Waals surface area contributed by atoms with Crippen molar-refractivity contribution in [3.8, 4) is 0 Å². The van der Waals surface area contributed by atoms with Crippen LogP contribution in [-0.2, 0) is 4.79 Å². The second-order valence-electron chi connectivity index (χ2n) is 4.37. The fourth-order valence-corrected chi connectivity index (χ4v) is 2.53. The SMILES string of the molecule is Cc1c(Br)cccc1N1CC(CN=[N+]=[N-])CC1=O. The fourth-order valence-electron chi connectivity index (χ4n) is 2.18. The van der Waals surface area contributed by atoms with E-state index in [-0.39, 0.29) is 11.8 Å². The molecule has 18 heavy (non-hydrogen) atoms. The van der Waals surface area contributed by atoms with E-state index in [4.69, 9.17) is 5.53 Å². The van der Waals surface area contributed by atoms with Crippen molar-refractivity contribution in [2.75, 3.05) is 18.0 Å². The van der Waals surface area contributed by atoms with Crippen LogP contribution in [0.15, 0.2) is 27.8 Å². The highest BCUT2D eigenvalue weighted by atomic mass is 79.9. The lowest BCUT2D eigenvalue weighted by molar-refractivity contribution is -0.117. The van der Waals surface area contributed by atoms with Crippen molar-refractivity contribution in [2.24, 2.45) is 11.0 Å². The molecule has 1 aliphatic heterocycles. The van der Waals surface area contributed by atoms with Gasteiger partial charge in [-0.2, -0.15) is 0 Å². The molecule has 1 aliphatic rings. The molecule has 0 N–H and O–H groups in total. The number of rotatable bonds is 3. The Morgan fingerprint density at radius 1 is 1.61 bits per heavy atom. The average molecular weight is 309 g/mol. The zero-order valence-corrected chi connectivity index (χ0v) is 11.6. The Hall–Kier alpha value is -1.52. The number of azide groups is 1. The highest BCUT2D eigenvalue weighted by Crippen LogP contribution is 2.31. The molecule has 1 unspecified atom stereocenters. The monoisotopic (exact) mass is 308 g/mol. The summed E-state index contributed by atoms with van der Waals surface area (Å²) in [7, 11) is 0. The van der Waals surface area contributed by atoms with Gasteiger partial charge in [0.25, 0.3) is 0 Å². The van der Waals surface area contributed by atoms with E-state index in [1.807, 2.05) is 25.1 Å². The maximum Gasteiger partial charge on any atom is 0.227 e. The zero-order chi connectivity index (χ0) is 13.1. The van der Waals surface area contributed by atoms with Crippen molar-refractivity contribution in [3.63, 3.8) is 0 Å². The van der Waals surface area contributed by atoms with Gasteiger partial charge in [-0.15, -0.1) is 0 Å². The first kappa shape index (κ1) is 12.9. The molecule has 1 aromatic rings. The van der Waals surface area contributed by atoms with E-state index < -0.39 is 0 Å². The van der Waals surface area contributed by atoms with Crippen molar-refractivity contribution in [3.05, 3.63) is 38.7 Å². The number of carbonyl (C=O) groups excluding carboxylic acids is 1. The van der Waals surface area contributed by atoms with Crippen molar-refractivity contribution < 1.29 is 4.79 Å². The topological polar surface area (TPSA) is 69.1 Å². The van der Waals surface area contributed by atoms with Gasteiger partial charge in [-0.1, -0.05) is 27.1 Å². The Balaban J connectivity index is 2.21. The molecule has 0 aliphatic carbocycles. The fraction of sp³-hybridized carbons (Fsp3) is 0.417. The van der Waals surface area contributed by atoms with Crippen LogP contribution in [0.4, 0.5) is 5.69 Å². The first-order valence-electron chi connectivity index (χ1n) is 5.70. The molecular weight excluding hydrogens is 296 g/mol. The zero-order valence-electron chi connectivity index (χ0n) is 10.0. The summed E-state index contributed by atoms with van der Waals surface area (Å²) in [5.74, 6) is 0.209. The molecule has 1 heterocycles. The molecule has 0 spiro atoms. The number of halogens is 1. The van der Waals surface area contributed by atoms with Gasteiger partial charge in [-0.25, -0.2) is 0 Å². The molecule has 6 heteroatoms. The second kappa shape index (κ2) is 5.42. The third-order valence-corrected chi connectivity index (χ3v) is 4.00. The van der Waals surface area contributed by atoms with E-state index in [2.05, 4.69) is 26.0 Å². The Morgan fingerprint density at radius 2 is 2.39 bits per heavy atom. The largest absolute Gasteiger partial charge is 0.312 e. The molecule has 0 bridgehead atoms. The van der Waals surface area contributed by atoms with Gasteiger partial charge in [0.05, 0.1) is 0 Å². The van der Waals surface area contributed by atoms with Crippen molar-refractivity contribution in [2.45, 2.75) is 13.3 Å². The number of benzene rings is 1. The summed E-state index contributed by atoms with van der Waals surface area (Å²) in [5.41, 5.74) is 10.3. The van der Waals surface area contributed by atoms with Crippen LogP contribution in [0.1, 0.15) is 12.0 Å². The highest BCUT2D eigenvalue weighted by Gasteiger charge is 2.30. The average Bonchev–Trinajstić information content (AvgIpc) is 2.71. The predicted molar refractivity (Wildman–Crippen MR) is 73.4 cm³/mol. The molecule has 5 nitrogen and oxygen atoms in total. The summed E-state index contributed by atoms with van der Waals surface area (Å²) in [6.07, 6.45) is 0.449. The van der Waals surface area contributed by atoms with Crippen LogP contribution in [0.25, 0.3) is 10.4 Å². The highest BCUT2D eigenvalue weighted by molar-refractivity contribution is 9.10. The van der Waals surface area contributed by atoms with Crippen LogP contribution in [0.3, 0.4) is 0 Å². The van der Waals surface area contributed by atoms with Gasteiger partial charge in [0.2, 0.25) is 5.91 Å². The molecule has 1 saturated heterocycles. The van der Waals surface area contributed by atoms with Crippen molar-refractivity contribution in [1.82, 2.24) is 0 Å². The molecule has 0 saturated carbocycles. The van der Waals surface area contributed by atoms with Crippen LogP contribution in [0.2, 0.25) is 0 Å². The van der Waals surface area contributed by atoms with Crippen LogP contribution in [0.5, 0.6) is 0 Å². The number of anilines is 1. The first-order chi connectivity index (χ1) is 8.63. The van der Waals surface area contributed by atoms with E-state index in [9.17, 15) is 4.79 Å². The van der Waals surface area contributed by atoms with Crippen LogP contribution < -0.4 is 4.90 Å². The van der Waals surface area contributed by atoms with Crippen LogP contribution in [0, 0.1) is 12.8 Å². The molecule has 0 aromatic heterocycles. The van der Waals surface area contributed by atoms with E-state index in [0.29, 0.717) is 19.5 Å². The maximum atomic E-state index is 12.0. The third-order valence-electron chi connectivity index (χ3n) is 3.14. The number of hydrogen-bond acceptors (Lipinski definition) is 2. The third kappa shape index (κ3) is 2.49. The number of nitrogens with zero attached hydrogens (tertiary/aromatic N) is 4.